The van der Waals surface area contributed by atoms with Crippen LogP contribution in [0.15, 0.2) is 66.8 Å². The maximum absolute atomic E-state index is 4.86. The molecular weight excluding hydrogens is 302 g/mol. The zero-order chi connectivity index (χ0) is 15.8. The summed E-state index contributed by atoms with van der Waals surface area (Å²) in [4.78, 5) is 4.86. The molecule has 0 spiro atoms. The van der Waals surface area contributed by atoms with Gasteiger partial charge in [-0.3, -0.25) is 4.68 Å². The summed E-state index contributed by atoms with van der Waals surface area (Å²) in [5.41, 5.74) is 6.20. The zero-order valence-electron chi connectivity index (χ0n) is 12.7. The number of hydrogen-bond donors (Lipinski definition) is 0. The van der Waals surface area contributed by atoms with E-state index in [4.69, 9.17) is 4.98 Å². The third-order valence-corrected chi connectivity index (χ3v) is 4.80. The predicted octanol–water partition coefficient (Wildman–Crippen LogP) is 4.76. The smallest absolute Gasteiger partial charge is 0.0895 e. The minimum atomic E-state index is 0.936. The Labute approximate surface area is 138 Å². The summed E-state index contributed by atoms with van der Waals surface area (Å²) >= 11 is 1.70. The lowest BCUT2D eigenvalue weighted by Crippen LogP contribution is -1.88. The number of pyridine rings is 1. The fraction of sp³-hybridized carbons (Fsp3) is 0.0526. The average Bonchev–Trinajstić information content (AvgIpc) is 3.20. The number of thiophene rings is 1. The molecule has 0 aliphatic carbocycles. The van der Waals surface area contributed by atoms with Gasteiger partial charge >= 0.3 is 0 Å². The largest absolute Gasteiger partial charge is 0.275 e. The molecule has 0 saturated heterocycles. The molecule has 0 amide bonds. The zero-order valence-corrected chi connectivity index (χ0v) is 13.5. The molecule has 3 nitrogen and oxygen atoms in total. The van der Waals surface area contributed by atoms with Gasteiger partial charge < -0.3 is 0 Å². The van der Waals surface area contributed by atoms with Crippen LogP contribution >= 0.6 is 11.3 Å². The molecule has 0 radical (unpaired) electrons. The van der Waals surface area contributed by atoms with Crippen LogP contribution in [0, 0.1) is 0 Å². The summed E-state index contributed by atoms with van der Waals surface area (Å²) in [6.07, 6.45) is 3.82. The van der Waals surface area contributed by atoms with E-state index in [0.29, 0.717) is 0 Å². The lowest BCUT2D eigenvalue weighted by molar-refractivity contribution is 0.768. The van der Waals surface area contributed by atoms with E-state index in [9.17, 15) is 0 Å². The van der Waals surface area contributed by atoms with E-state index in [2.05, 4.69) is 35.3 Å². The average molecular weight is 317 g/mol. The summed E-state index contributed by atoms with van der Waals surface area (Å²) < 4.78 is 2.96. The number of aromatic nitrogens is 3. The highest BCUT2D eigenvalue weighted by Gasteiger charge is 2.12. The fourth-order valence-electron chi connectivity index (χ4n) is 2.64. The maximum Gasteiger partial charge on any atom is 0.0895 e. The van der Waals surface area contributed by atoms with Gasteiger partial charge in [0.15, 0.2) is 0 Å². The Morgan fingerprint density at radius 1 is 1.13 bits per heavy atom. The van der Waals surface area contributed by atoms with Gasteiger partial charge in [-0.15, -0.1) is 11.3 Å². The van der Waals surface area contributed by atoms with E-state index >= 15 is 0 Å². The molecule has 3 heterocycles. The highest BCUT2D eigenvalue weighted by molar-refractivity contribution is 7.17. The van der Waals surface area contributed by atoms with Crippen molar-refractivity contribution >= 4 is 27.1 Å². The van der Waals surface area contributed by atoms with E-state index in [1.54, 1.807) is 16.0 Å². The molecule has 0 fully saturated rings. The van der Waals surface area contributed by atoms with Crippen LogP contribution in [0.25, 0.3) is 27.0 Å². The predicted molar refractivity (Wildman–Crippen MR) is 96.4 cm³/mol. The minimum Gasteiger partial charge on any atom is -0.275 e. The molecule has 3 aromatic heterocycles. The van der Waals surface area contributed by atoms with Gasteiger partial charge in [0.25, 0.3) is 0 Å². The van der Waals surface area contributed by atoms with Crippen molar-refractivity contribution in [3.63, 3.8) is 0 Å². The normalized spacial score (nSPS) is 11.0. The second kappa shape index (κ2) is 5.48. The molecule has 0 N–H and O–H groups in total. The summed E-state index contributed by atoms with van der Waals surface area (Å²) in [5.74, 6) is 0. The van der Waals surface area contributed by atoms with Crippen LogP contribution in [0.3, 0.4) is 0 Å². The molecule has 112 valence electrons. The minimum absolute atomic E-state index is 0.936. The van der Waals surface area contributed by atoms with Crippen LogP contribution in [0.4, 0.5) is 0 Å². The quantitative estimate of drug-likeness (QED) is 0.545. The molecule has 4 rings (SSSR count). The second-order valence-corrected chi connectivity index (χ2v) is 6.35. The number of aryl methyl sites for hydroxylation is 1. The number of nitrogens with zero attached hydrogens (tertiary/aromatic N) is 3. The third kappa shape index (κ3) is 2.47. The molecule has 0 aliphatic rings. The van der Waals surface area contributed by atoms with Gasteiger partial charge in [-0.1, -0.05) is 36.9 Å². The van der Waals surface area contributed by atoms with Gasteiger partial charge in [0, 0.05) is 29.8 Å². The Morgan fingerprint density at radius 3 is 2.70 bits per heavy atom. The Kier molecular flexibility index (Phi) is 3.32. The van der Waals surface area contributed by atoms with Crippen LogP contribution in [0.2, 0.25) is 0 Å². The van der Waals surface area contributed by atoms with Gasteiger partial charge in [-0.2, -0.15) is 5.10 Å². The molecule has 4 aromatic rings. The van der Waals surface area contributed by atoms with Crippen molar-refractivity contribution in [3.05, 3.63) is 77.9 Å². The Hall–Kier alpha value is -2.72. The fourth-order valence-corrected chi connectivity index (χ4v) is 3.55. The number of rotatable bonds is 3. The van der Waals surface area contributed by atoms with Crippen LogP contribution in [-0.4, -0.2) is 14.8 Å². The lowest BCUT2D eigenvalue weighted by atomic mass is 10.0. The van der Waals surface area contributed by atoms with E-state index in [1.165, 1.54) is 4.70 Å². The number of benzene rings is 1. The molecular formula is C19H15N3S. The Balaban J connectivity index is 1.83. The van der Waals surface area contributed by atoms with Crippen LogP contribution in [0.5, 0.6) is 0 Å². The van der Waals surface area contributed by atoms with Crippen molar-refractivity contribution in [2.24, 2.45) is 7.05 Å². The van der Waals surface area contributed by atoms with Crippen LogP contribution in [-0.2, 0) is 7.05 Å². The van der Waals surface area contributed by atoms with Crippen molar-refractivity contribution in [2.45, 2.75) is 0 Å². The van der Waals surface area contributed by atoms with Gasteiger partial charge in [0.1, 0.15) is 0 Å². The third-order valence-electron chi connectivity index (χ3n) is 3.87. The highest BCUT2D eigenvalue weighted by Crippen LogP contribution is 2.33. The van der Waals surface area contributed by atoms with E-state index < -0.39 is 0 Å². The summed E-state index contributed by atoms with van der Waals surface area (Å²) in [5, 5.41) is 6.37. The van der Waals surface area contributed by atoms with Crippen molar-refractivity contribution in [1.29, 1.82) is 0 Å². The molecule has 0 saturated carbocycles. The lowest BCUT2D eigenvalue weighted by Gasteiger charge is -2.05. The summed E-state index contributed by atoms with van der Waals surface area (Å²) in [6.45, 7) is 4.27. The monoisotopic (exact) mass is 317 g/mol. The molecule has 1 aromatic carbocycles. The molecule has 0 atom stereocenters. The number of fused-ring (bicyclic) bond motifs is 1. The first-order valence-electron chi connectivity index (χ1n) is 7.34. The standard InChI is InChI=1S/C19H15N3S/c1-13(14-6-4-3-5-7-14)16-12-23-18-9-8-17(21-19(16)18)15-10-20-22(2)11-15/h3-12H,1H2,2H3. The number of hydrogen-bond acceptors (Lipinski definition) is 3. The molecule has 23 heavy (non-hydrogen) atoms. The highest BCUT2D eigenvalue weighted by atomic mass is 32.1. The van der Waals surface area contributed by atoms with Crippen molar-refractivity contribution < 1.29 is 0 Å². The molecule has 0 unspecified atom stereocenters. The second-order valence-electron chi connectivity index (χ2n) is 5.44. The summed E-state index contributed by atoms with van der Waals surface area (Å²) in [7, 11) is 1.91. The van der Waals surface area contributed by atoms with Crippen molar-refractivity contribution in [3.8, 4) is 11.3 Å². The van der Waals surface area contributed by atoms with Crippen molar-refractivity contribution in [1.82, 2.24) is 14.8 Å². The van der Waals surface area contributed by atoms with E-state index in [-0.39, 0.29) is 0 Å². The van der Waals surface area contributed by atoms with E-state index in [1.807, 2.05) is 43.7 Å². The van der Waals surface area contributed by atoms with E-state index in [0.717, 1.165) is 33.5 Å². The van der Waals surface area contributed by atoms with Crippen molar-refractivity contribution in [2.75, 3.05) is 0 Å². The van der Waals surface area contributed by atoms with Gasteiger partial charge in [0.2, 0.25) is 0 Å². The molecule has 0 bridgehead atoms. The van der Waals surface area contributed by atoms with Gasteiger partial charge in [-0.25, -0.2) is 4.98 Å². The first kappa shape index (κ1) is 13.9. The Bertz CT molecular complexity index is 996. The maximum atomic E-state index is 4.86. The Morgan fingerprint density at radius 2 is 1.96 bits per heavy atom. The summed E-state index contributed by atoms with van der Waals surface area (Å²) in [6, 6.07) is 14.4. The first-order chi connectivity index (χ1) is 11.2. The van der Waals surface area contributed by atoms with Crippen LogP contribution in [0.1, 0.15) is 11.1 Å². The van der Waals surface area contributed by atoms with Gasteiger partial charge in [0.05, 0.1) is 22.1 Å². The topological polar surface area (TPSA) is 30.7 Å². The molecule has 4 heteroatoms. The molecule has 0 aliphatic heterocycles. The van der Waals surface area contributed by atoms with Crippen LogP contribution < -0.4 is 0 Å². The first-order valence-corrected chi connectivity index (χ1v) is 8.22. The SMILES string of the molecule is C=C(c1ccccc1)c1csc2ccc(-c3cnn(C)c3)nc12. The van der Waals surface area contributed by atoms with Gasteiger partial charge in [-0.05, 0) is 23.3 Å².